The van der Waals surface area contributed by atoms with Crippen molar-refractivity contribution in [1.82, 2.24) is 0 Å². The van der Waals surface area contributed by atoms with Gasteiger partial charge < -0.3 is 0 Å². The van der Waals surface area contributed by atoms with Crippen LogP contribution in [-0.4, -0.2) is 0 Å². The van der Waals surface area contributed by atoms with E-state index < -0.39 is 0 Å². The summed E-state index contributed by atoms with van der Waals surface area (Å²) < 4.78 is 13.5. The van der Waals surface area contributed by atoms with Crippen LogP contribution in [-0.2, 0) is 10.8 Å². The second-order valence-corrected chi connectivity index (χ2v) is 6.23. The molecule has 1 aromatic rings. The first-order valence-electron chi connectivity index (χ1n) is 5.42. The Hall–Kier alpha value is -0.850. The highest BCUT2D eigenvalue weighted by Crippen LogP contribution is 2.29. The van der Waals surface area contributed by atoms with Crippen molar-refractivity contribution < 1.29 is 4.39 Å². The maximum atomic E-state index is 13.5. The van der Waals surface area contributed by atoms with Crippen LogP contribution in [0.15, 0.2) is 18.2 Å². The van der Waals surface area contributed by atoms with Gasteiger partial charge in [-0.2, -0.15) is 0 Å². The van der Waals surface area contributed by atoms with Gasteiger partial charge in [-0.15, -0.1) is 0 Å². The quantitative estimate of drug-likeness (QED) is 0.592. The second kappa shape index (κ2) is 3.62. The van der Waals surface area contributed by atoms with Crippen molar-refractivity contribution in [3.05, 3.63) is 35.1 Å². The second-order valence-electron chi connectivity index (χ2n) is 6.23. The van der Waals surface area contributed by atoms with E-state index in [2.05, 4.69) is 47.6 Å². The van der Waals surface area contributed by atoms with Gasteiger partial charge in [-0.25, -0.2) is 4.39 Å². The van der Waals surface area contributed by atoms with Crippen LogP contribution in [0.2, 0.25) is 0 Å². The van der Waals surface area contributed by atoms with Crippen LogP contribution in [0.3, 0.4) is 0 Å². The van der Waals surface area contributed by atoms with Gasteiger partial charge in [0.05, 0.1) is 0 Å². The Labute approximate surface area is 92.5 Å². The molecular formula is C14H21F. The maximum absolute atomic E-state index is 13.5. The highest BCUT2D eigenvalue weighted by atomic mass is 19.1. The highest BCUT2D eigenvalue weighted by molar-refractivity contribution is 5.33. The van der Waals surface area contributed by atoms with Gasteiger partial charge in [0, 0.05) is 0 Å². The fourth-order valence-electron chi connectivity index (χ4n) is 1.46. The van der Waals surface area contributed by atoms with E-state index in [9.17, 15) is 4.39 Å². The molecule has 0 radical (unpaired) electrons. The first-order chi connectivity index (χ1) is 6.60. The van der Waals surface area contributed by atoms with Crippen LogP contribution in [0, 0.1) is 5.82 Å². The van der Waals surface area contributed by atoms with Crippen molar-refractivity contribution in [2.45, 2.75) is 52.4 Å². The SMILES string of the molecule is CC(C)(C)c1cc(F)cc(C(C)(C)C)c1. The average Bonchev–Trinajstić information content (AvgIpc) is 1.99. The zero-order valence-electron chi connectivity index (χ0n) is 10.6. The fourth-order valence-corrected chi connectivity index (χ4v) is 1.46. The largest absolute Gasteiger partial charge is 0.207 e. The molecule has 84 valence electrons. The summed E-state index contributed by atoms with van der Waals surface area (Å²) in [5, 5.41) is 0. The van der Waals surface area contributed by atoms with Gasteiger partial charge >= 0.3 is 0 Å². The standard InChI is InChI=1S/C14H21F/c1-13(2,3)10-7-11(14(4,5)6)9-12(15)8-10/h7-9H,1-6H3. The van der Waals surface area contributed by atoms with Crippen LogP contribution < -0.4 is 0 Å². The van der Waals surface area contributed by atoms with E-state index in [4.69, 9.17) is 0 Å². The molecule has 0 aromatic heterocycles. The fraction of sp³-hybridized carbons (Fsp3) is 0.571. The molecule has 0 aliphatic heterocycles. The third kappa shape index (κ3) is 3.05. The minimum Gasteiger partial charge on any atom is -0.207 e. The molecule has 0 atom stereocenters. The summed E-state index contributed by atoms with van der Waals surface area (Å²) in [5.41, 5.74) is 2.13. The van der Waals surface area contributed by atoms with E-state index in [1.54, 1.807) is 12.1 Å². The summed E-state index contributed by atoms with van der Waals surface area (Å²) in [7, 11) is 0. The molecule has 0 N–H and O–H groups in total. The van der Waals surface area contributed by atoms with Crippen molar-refractivity contribution in [1.29, 1.82) is 0 Å². The van der Waals surface area contributed by atoms with Crippen molar-refractivity contribution in [3.8, 4) is 0 Å². The molecule has 0 heterocycles. The third-order valence-electron chi connectivity index (χ3n) is 2.63. The van der Waals surface area contributed by atoms with Crippen LogP contribution in [0.4, 0.5) is 4.39 Å². The molecule has 0 aliphatic rings. The number of hydrogen-bond donors (Lipinski definition) is 0. The molecule has 1 rings (SSSR count). The van der Waals surface area contributed by atoms with Crippen LogP contribution in [0.1, 0.15) is 52.7 Å². The summed E-state index contributed by atoms with van der Waals surface area (Å²) >= 11 is 0. The Morgan fingerprint density at radius 3 is 1.33 bits per heavy atom. The minimum absolute atomic E-state index is 0.00208. The highest BCUT2D eigenvalue weighted by Gasteiger charge is 2.20. The monoisotopic (exact) mass is 208 g/mol. The van der Waals surface area contributed by atoms with Crippen molar-refractivity contribution in [2.24, 2.45) is 0 Å². The van der Waals surface area contributed by atoms with Crippen LogP contribution in [0.25, 0.3) is 0 Å². The van der Waals surface area contributed by atoms with Gasteiger partial charge in [0.1, 0.15) is 5.82 Å². The molecule has 0 amide bonds. The zero-order chi connectivity index (χ0) is 11.9. The Balaban J connectivity index is 3.30. The molecule has 0 saturated heterocycles. The Morgan fingerprint density at radius 1 is 0.733 bits per heavy atom. The molecule has 1 heteroatoms. The molecule has 0 aliphatic carbocycles. The number of halogens is 1. The van der Waals surface area contributed by atoms with Crippen LogP contribution >= 0.6 is 0 Å². The maximum Gasteiger partial charge on any atom is 0.123 e. The van der Waals surface area contributed by atoms with Crippen molar-refractivity contribution >= 4 is 0 Å². The Bertz CT molecular complexity index is 318. The number of rotatable bonds is 0. The zero-order valence-corrected chi connectivity index (χ0v) is 10.6. The van der Waals surface area contributed by atoms with E-state index in [0.29, 0.717) is 0 Å². The normalized spacial score (nSPS) is 13.0. The summed E-state index contributed by atoms with van der Waals surface area (Å²) in [6.45, 7) is 12.6. The van der Waals surface area contributed by atoms with E-state index in [-0.39, 0.29) is 16.6 Å². The first-order valence-corrected chi connectivity index (χ1v) is 5.42. The smallest absolute Gasteiger partial charge is 0.123 e. The topological polar surface area (TPSA) is 0 Å². The summed E-state index contributed by atoms with van der Waals surface area (Å²) in [6.07, 6.45) is 0. The van der Waals surface area contributed by atoms with E-state index in [1.165, 1.54) is 0 Å². The minimum atomic E-state index is -0.132. The lowest BCUT2D eigenvalue weighted by atomic mass is 9.81. The van der Waals surface area contributed by atoms with E-state index >= 15 is 0 Å². The molecule has 0 fully saturated rings. The summed E-state index contributed by atoms with van der Waals surface area (Å²) in [4.78, 5) is 0. The molecule has 15 heavy (non-hydrogen) atoms. The summed E-state index contributed by atoms with van der Waals surface area (Å²) in [6, 6.07) is 5.38. The molecule has 0 unspecified atom stereocenters. The van der Waals surface area contributed by atoms with Gasteiger partial charge in [0.15, 0.2) is 0 Å². The predicted molar refractivity (Wildman–Crippen MR) is 63.8 cm³/mol. The third-order valence-corrected chi connectivity index (χ3v) is 2.63. The molecule has 0 bridgehead atoms. The van der Waals surface area contributed by atoms with Crippen molar-refractivity contribution in [3.63, 3.8) is 0 Å². The summed E-state index contributed by atoms with van der Waals surface area (Å²) in [5.74, 6) is -0.132. The lowest BCUT2D eigenvalue weighted by Crippen LogP contribution is -2.16. The molecular weight excluding hydrogens is 187 g/mol. The molecule has 0 nitrogen and oxygen atoms in total. The number of hydrogen-bond acceptors (Lipinski definition) is 0. The van der Waals surface area contributed by atoms with Gasteiger partial charge in [-0.05, 0) is 34.1 Å². The Kier molecular flexibility index (Phi) is 2.95. The van der Waals surface area contributed by atoms with Gasteiger partial charge in [0.25, 0.3) is 0 Å². The van der Waals surface area contributed by atoms with E-state index in [0.717, 1.165) is 11.1 Å². The number of benzene rings is 1. The van der Waals surface area contributed by atoms with Crippen molar-refractivity contribution in [2.75, 3.05) is 0 Å². The molecule has 1 aromatic carbocycles. The van der Waals surface area contributed by atoms with Gasteiger partial charge in [-0.1, -0.05) is 47.6 Å². The van der Waals surface area contributed by atoms with Gasteiger partial charge in [0.2, 0.25) is 0 Å². The molecule has 0 spiro atoms. The average molecular weight is 208 g/mol. The van der Waals surface area contributed by atoms with E-state index in [1.807, 2.05) is 0 Å². The lowest BCUT2D eigenvalue weighted by Gasteiger charge is -2.24. The first kappa shape index (κ1) is 12.2. The predicted octanol–water partition coefficient (Wildman–Crippen LogP) is 4.42. The molecule has 0 saturated carbocycles. The van der Waals surface area contributed by atoms with Crippen LogP contribution in [0.5, 0.6) is 0 Å². The lowest BCUT2D eigenvalue weighted by molar-refractivity contribution is 0.546. The van der Waals surface area contributed by atoms with Gasteiger partial charge in [-0.3, -0.25) is 0 Å². The Morgan fingerprint density at radius 2 is 1.07 bits per heavy atom.